The van der Waals surface area contributed by atoms with Gasteiger partial charge in [0, 0.05) is 0 Å². The third-order valence-electron chi connectivity index (χ3n) is 1.99. The van der Waals surface area contributed by atoms with Crippen molar-refractivity contribution in [3.8, 4) is 0 Å². The SMILES string of the molecule is O=C(Nc1c(Cl)cccc1Cl)N[C@@H](CO)C(=O)O. The first-order valence-corrected chi connectivity index (χ1v) is 5.56. The summed E-state index contributed by atoms with van der Waals surface area (Å²) >= 11 is 11.6. The Hall–Kier alpha value is -1.50. The Morgan fingerprint density at radius 1 is 1.28 bits per heavy atom. The van der Waals surface area contributed by atoms with E-state index in [1.165, 1.54) is 12.1 Å². The van der Waals surface area contributed by atoms with Gasteiger partial charge in [0.2, 0.25) is 0 Å². The molecule has 0 heterocycles. The second-order valence-corrected chi connectivity index (χ2v) is 4.08. The predicted octanol–water partition coefficient (Wildman–Crippen LogP) is 1.56. The fraction of sp³-hybridized carbons (Fsp3) is 0.200. The molecule has 0 aliphatic heterocycles. The minimum Gasteiger partial charge on any atom is -0.480 e. The lowest BCUT2D eigenvalue weighted by molar-refractivity contribution is -0.140. The number of aliphatic hydroxyl groups excluding tert-OH is 1. The molecule has 0 aliphatic carbocycles. The van der Waals surface area contributed by atoms with Crippen LogP contribution in [0.4, 0.5) is 10.5 Å². The number of carbonyl (C=O) groups excluding carboxylic acids is 1. The highest BCUT2D eigenvalue weighted by Gasteiger charge is 2.19. The first-order chi connectivity index (χ1) is 8.45. The van der Waals surface area contributed by atoms with Gasteiger partial charge in [-0.1, -0.05) is 29.3 Å². The van der Waals surface area contributed by atoms with Crippen molar-refractivity contribution in [2.24, 2.45) is 0 Å². The summed E-state index contributed by atoms with van der Waals surface area (Å²) in [5.74, 6) is -1.35. The van der Waals surface area contributed by atoms with Gasteiger partial charge in [0.1, 0.15) is 0 Å². The smallest absolute Gasteiger partial charge is 0.328 e. The number of para-hydroxylation sites is 1. The number of carboxylic acid groups (broad SMARTS) is 1. The van der Waals surface area contributed by atoms with Crippen LogP contribution < -0.4 is 10.6 Å². The van der Waals surface area contributed by atoms with E-state index in [-0.39, 0.29) is 15.7 Å². The van der Waals surface area contributed by atoms with Crippen LogP contribution in [0.25, 0.3) is 0 Å². The van der Waals surface area contributed by atoms with Gasteiger partial charge in [0.25, 0.3) is 0 Å². The summed E-state index contributed by atoms with van der Waals surface area (Å²) in [5.41, 5.74) is 0.167. The summed E-state index contributed by atoms with van der Waals surface area (Å²) in [4.78, 5) is 22.1. The van der Waals surface area contributed by atoms with Crippen LogP contribution in [0.3, 0.4) is 0 Å². The number of carboxylic acids is 1. The second-order valence-electron chi connectivity index (χ2n) is 3.27. The van der Waals surface area contributed by atoms with Crippen LogP contribution in [0, 0.1) is 0 Å². The highest BCUT2D eigenvalue weighted by atomic mass is 35.5. The zero-order chi connectivity index (χ0) is 13.7. The normalized spacial score (nSPS) is 11.7. The lowest BCUT2D eigenvalue weighted by Gasteiger charge is -2.14. The van der Waals surface area contributed by atoms with Crippen LogP contribution in [0.15, 0.2) is 18.2 Å². The average Bonchev–Trinajstić information content (AvgIpc) is 2.30. The molecule has 0 aromatic heterocycles. The number of hydrogen-bond acceptors (Lipinski definition) is 3. The van der Waals surface area contributed by atoms with Crippen molar-refractivity contribution in [3.63, 3.8) is 0 Å². The zero-order valence-corrected chi connectivity index (χ0v) is 10.5. The van der Waals surface area contributed by atoms with E-state index in [2.05, 4.69) is 10.6 Å². The summed E-state index contributed by atoms with van der Waals surface area (Å²) in [6.45, 7) is -0.723. The number of benzene rings is 1. The summed E-state index contributed by atoms with van der Waals surface area (Å²) in [5, 5.41) is 22.2. The minimum absolute atomic E-state index is 0.167. The number of hydrogen-bond donors (Lipinski definition) is 4. The molecule has 0 saturated carbocycles. The van der Waals surface area contributed by atoms with Gasteiger partial charge in [-0.3, -0.25) is 0 Å². The number of urea groups is 1. The van der Waals surface area contributed by atoms with E-state index in [9.17, 15) is 9.59 Å². The quantitative estimate of drug-likeness (QED) is 0.677. The molecule has 0 spiro atoms. The molecule has 6 nitrogen and oxygen atoms in total. The molecule has 1 aromatic carbocycles. The molecule has 2 amide bonds. The molecule has 1 atom stereocenters. The summed E-state index contributed by atoms with van der Waals surface area (Å²) in [6.07, 6.45) is 0. The largest absolute Gasteiger partial charge is 0.480 e. The van der Waals surface area contributed by atoms with Crippen LogP contribution in [0.2, 0.25) is 10.0 Å². The first-order valence-electron chi connectivity index (χ1n) is 4.81. The number of amides is 2. The predicted molar refractivity (Wildman–Crippen MR) is 67.1 cm³/mol. The maximum atomic E-state index is 11.5. The van der Waals surface area contributed by atoms with Crippen LogP contribution in [0.5, 0.6) is 0 Å². The highest BCUT2D eigenvalue weighted by Crippen LogP contribution is 2.29. The second kappa shape index (κ2) is 6.44. The Kier molecular flexibility index (Phi) is 5.21. The Bertz CT molecular complexity index is 447. The number of aliphatic carboxylic acids is 1. The van der Waals surface area contributed by atoms with Crippen molar-refractivity contribution >= 4 is 40.9 Å². The van der Waals surface area contributed by atoms with Crippen molar-refractivity contribution < 1.29 is 19.8 Å². The highest BCUT2D eigenvalue weighted by molar-refractivity contribution is 6.39. The molecule has 0 aliphatic rings. The molecular formula is C10H10Cl2N2O4. The molecule has 1 rings (SSSR count). The lowest BCUT2D eigenvalue weighted by Crippen LogP contribution is -2.45. The number of anilines is 1. The molecule has 0 radical (unpaired) electrons. The maximum absolute atomic E-state index is 11.5. The summed E-state index contributed by atoms with van der Waals surface area (Å²) in [7, 11) is 0. The van der Waals surface area contributed by atoms with E-state index in [1.54, 1.807) is 6.07 Å². The van der Waals surface area contributed by atoms with Gasteiger partial charge in [-0.2, -0.15) is 0 Å². The summed E-state index contributed by atoms with van der Waals surface area (Å²) < 4.78 is 0. The van der Waals surface area contributed by atoms with Crippen molar-refractivity contribution in [1.82, 2.24) is 5.32 Å². The van der Waals surface area contributed by atoms with Gasteiger partial charge in [-0.25, -0.2) is 9.59 Å². The van der Waals surface area contributed by atoms with Crippen molar-refractivity contribution in [2.45, 2.75) is 6.04 Å². The molecule has 0 fully saturated rings. The van der Waals surface area contributed by atoms with Crippen molar-refractivity contribution in [2.75, 3.05) is 11.9 Å². The number of carbonyl (C=O) groups is 2. The zero-order valence-electron chi connectivity index (χ0n) is 8.98. The topological polar surface area (TPSA) is 98.7 Å². The van der Waals surface area contributed by atoms with Crippen LogP contribution in [0.1, 0.15) is 0 Å². The molecule has 0 unspecified atom stereocenters. The third kappa shape index (κ3) is 3.76. The van der Waals surface area contributed by atoms with Crippen LogP contribution in [-0.4, -0.2) is 34.9 Å². The fourth-order valence-corrected chi connectivity index (χ4v) is 1.60. The van der Waals surface area contributed by atoms with Gasteiger partial charge in [-0.15, -0.1) is 0 Å². The van der Waals surface area contributed by atoms with Gasteiger partial charge < -0.3 is 20.8 Å². The standard InChI is InChI=1S/C10H10Cl2N2O4/c11-5-2-1-3-6(12)8(5)14-10(18)13-7(4-15)9(16)17/h1-3,7,15H,4H2,(H,16,17)(H2,13,14,18)/t7-/m0/s1. The van der Waals surface area contributed by atoms with Crippen LogP contribution >= 0.6 is 23.2 Å². The lowest BCUT2D eigenvalue weighted by atomic mass is 10.3. The Labute approximate surface area is 113 Å². The molecule has 8 heteroatoms. The number of aliphatic hydroxyl groups is 1. The fourth-order valence-electron chi connectivity index (χ4n) is 1.11. The Morgan fingerprint density at radius 2 is 1.83 bits per heavy atom. The van der Waals surface area contributed by atoms with Gasteiger partial charge in [0.05, 0.1) is 22.3 Å². The minimum atomic E-state index is -1.40. The summed E-state index contributed by atoms with van der Waals surface area (Å²) in [6, 6.07) is 2.41. The molecule has 4 N–H and O–H groups in total. The number of rotatable bonds is 4. The van der Waals surface area contributed by atoms with Gasteiger partial charge in [0.15, 0.2) is 6.04 Å². The van der Waals surface area contributed by atoms with E-state index < -0.39 is 24.6 Å². The van der Waals surface area contributed by atoms with E-state index >= 15 is 0 Å². The third-order valence-corrected chi connectivity index (χ3v) is 2.62. The van der Waals surface area contributed by atoms with E-state index in [0.717, 1.165) is 0 Å². The Balaban J connectivity index is 2.73. The van der Waals surface area contributed by atoms with E-state index in [1.807, 2.05) is 0 Å². The number of halogens is 2. The molecule has 1 aromatic rings. The Morgan fingerprint density at radius 3 is 2.28 bits per heavy atom. The molecule has 0 bridgehead atoms. The average molecular weight is 293 g/mol. The number of nitrogens with one attached hydrogen (secondary N) is 2. The van der Waals surface area contributed by atoms with Crippen molar-refractivity contribution in [1.29, 1.82) is 0 Å². The first kappa shape index (κ1) is 14.6. The molecule has 98 valence electrons. The molecule has 18 heavy (non-hydrogen) atoms. The molecular weight excluding hydrogens is 283 g/mol. The van der Waals surface area contributed by atoms with E-state index in [4.69, 9.17) is 33.4 Å². The van der Waals surface area contributed by atoms with Crippen molar-refractivity contribution in [3.05, 3.63) is 28.2 Å². The van der Waals surface area contributed by atoms with E-state index in [0.29, 0.717) is 0 Å². The maximum Gasteiger partial charge on any atom is 0.328 e. The monoisotopic (exact) mass is 292 g/mol. The van der Waals surface area contributed by atoms with Gasteiger partial charge >= 0.3 is 12.0 Å². The van der Waals surface area contributed by atoms with Crippen LogP contribution in [-0.2, 0) is 4.79 Å². The molecule has 0 saturated heterocycles. The van der Waals surface area contributed by atoms with Gasteiger partial charge in [-0.05, 0) is 12.1 Å².